The molecule has 0 unspecified atom stereocenters. The van der Waals surface area contributed by atoms with Crippen LogP contribution in [-0.2, 0) is 6.54 Å². The number of nitrogens with zero attached hydrogens (tertiary/aromatic N) is 3. The zero-order chi connectivity index (χ0) is 12.7. The molecule has 3 aromatic heterocycles. The first-order chi connectivity index (χ1) is 8.63. The van der Waals surface area contributed by atoms with Crippen molar-refractivity contribution < 1.29 is 0 Å². The van der Waals surface area contributed by atoms with E-state index in [2.05, 4.69) is 30.9 Å². The molecule has 6 nitrogen and oxygen atoms in total. The van der Waals surface area contributed by atoms with E-state index in [0.29, 0.717) is 17.7 Å². The number of H-pyrrole nitrogens is 1. The van der Waals surface area contributed by atoms with Gasteiger partial charge >= 0.3 is 0 Å². The summed E-state index contributed by atoms with van der Waals surface area (Å²) >= 11 is 5.03. The number of fused-ring (bicyclic) bond motifs is 1. The number of nitrogens with two attached hydrogens (primary N) is 1. The second-order valence-corrected chi connectivity index (χ2v) is 5.64. The minimum absolute atomic E-state index is 0.0987. The van der Waals surface area contributed by atoms with Gasteiger partial charge in [0.2, 0.25) is 5.95 Å². The van der Waals surface area contributed by atoms with Crippen LogP contribution in [0.1, 0.15) is 4.88 Å². The first-order valence-electron chi connectivity index (χ1n) is 5.07. The molecule has 3 N–H and O–H groups in total. The lowest BCUT2D eigenvalue weighted by Gasteiger charge is -2.01. The van der Waals surface area contributed by atoms with Crippen LogP contribution < -0.4 is 11.3 Å². The minimum atomic E-state index is -0.316. The standard InChI is InChI=1S/C10H8BrN5OS/c11-5-1-6(18-3-5)2-16-4-13-7-8(16)14-10(12)15-9(7)17/h1,3-4H,2H2,(H3,12,14,15,17). The van der Waals surface area contributed by atoms with Crippen molar-refractivity contribution in [2.45, 2.75) is 6.54 Å². The highest BCUT2D eigenvalue weighted by Gasteiger charge is 2.10. The van der Waals surface area contributed by atoms with Crippen molar-refractivity contribution >= 4 is 44.4 Å². The highest BCUT2D eigenvalue weighted by molar-refractivity contribution is 9.10. The Labute approximate surface area is 114 Å². The zero-order valence-electron chi connectivity index (χ0n) is 9.05. The molecule has 0 saturated carbocycles. The number of rotatable bonds is 2. The van der Waals surface area contributed by atoms with Crippen molar-refractivity contribution in [2.75, 3.05) is 5.73 Å². The lowest BCUT2D eigenvalue weighted by molar-refractivity contribution is 0.826. The van der Waals surface area contributed by atoms with Crippen LogP contribution in [0.4, 0.5) is 5.95 Å². The highest BCUT2D eigenvalue weighted by atomic mass is 79.9. The summed E-state index contributed by atoms with van der Waals surface area (Å²) in [6.07, 6.45) is 1.60. The van der Waals surface area contributed by atoms with Crippen molar-refractivity contribution in [3.8, 4) is 0 Å². The summed E-state index contributed by atoms with van der Waals surface area (Å²) in [5.74, 6) is 0.0987. The van der Waals surface area contributed by atoms with Gasteiger partial charge in [-0.3, -0.25) is 9.78 Å². The van der Waals surface area contributed by atoms with Crippen LogP contribution in [0.2, 0.25) is 0 Å². The van der Waals surface area contributed by atoms with Gasteiger partial charge in [-0.25, -0.2) is 4.98 Å². The molecular formula is C10H8BrN5OS. The molecule has 3 heterocycles. The summed E-state index contributed by atoms with van der Waals surface area (Å²) in [5, 5.41) is 2.00. The minimum Gasteiger partial charge on any atom is -0.369 e. The second kappa shape index (κ2) is 4.21. The van der Waals surface area contributed by atoms with Gasteiger partial charge < -0.3 is 10.3 Å². The van der Waals surface area contributed by atoms with Gasteiger partial charge in [0.15, 0.2) is 11.2 Å². The fraction of sp³-hybridized carbons (Fsp3) is 0.100. The van der Waals surface area contributed by atoms with Gasteiger partial charge in [0, 0.05) is 14.7 Å². The van der Waals surface area contributed by atoms with Crippen LogP contribution in [0.3, 0.4) is 0 Å². The molecule has 3 rings (SSSR count). The summed E-state index contributed by atoms with van der Waals surface area (Å²) < 4.78 is 2.84. The molecule has 0 aliphatic rings. The predicted octanol–water partition coefficient (Wildman–Crippen LogP) is 1.57. The molecule has 0 atom stereocenters. The van der Waals surface area contributed by atoms with Gasteiger partial charge in [0.25, 0.3) is 5.56 Å². The third-order valence-corrected chi connectivity index (χ3v) is 4.12. The topological polar surface area (TPSA) is 89.6 Å². The summed E-state index contributed by atoms with van der Waals surface area (Å²) in [7, 11) is 0. The fourth-order valence-corrected chi connectivity index (χ4v) is 3.14. The van der Waals surface area contributed by atoms with E-state index in [4.69, 9.17) is 5.73 Å². The molecule has 0 amide bonds. The molecule has 92 valence electrons. The zero-order valence-corrected chi connectivity index (χ0v) is 11.5. The van der Waals surface area contributed by atoms with Crippen LogP contribution in [0.15, 0.2) is 27.0 Å². The summed E-state index contributed by atoms with van der Waals surface area (Å²) in [5.41, 5.74) is 6.03. The van der Waals surface area contributed by atoms with Gasteiger partial charge in [0.1, 0.15) is 0 Å². The number of nitrogen functional groups attached to an aromatic ring is 1. The molecule has 0 aromatic carbocycles. The van der Waals surface area contributed by atoms with Crippen LogP contribution in [0, 0.1) is 0 Å². The van der Waals surface area contributed by atoms with Gasteiger partial charge in [-0.2, -0.15) is 4.98 Å². The summed E-state index contributed by atoms with van der Waals surface area (Å²) in [6, 6.07) is 2.02. The maximum absolute atomic E-state index is 11.6. The molecule has 0 radical (unpaired) electrons. The van der Waals surface area contributed by atoms with E-state index >= 15 is 0 Å². The highest BCUT2D eigenvalue weighted by Crippen LogP contribution is 2.21. The third-order valence-electron chi connectivity index (χ3n) is 2.44. The number of imidazole rings is 1. The normalized spacial score (nSPS) is 11.2. The van der Waals surface area contributed by atoms with E-state index in [1.165, 1.54) is 0 Å². The van der Waals surface area contributed by atoms with Gasteiger partial charge in [0.05, 0.1) is 12.9 Å². The lowest BCUT2D eigenvalue weighted by Crippen LogP contribution is -2.12. The fourth-order valence-electron chi connectivity index (χ4n) is 1.69. The van der Waals surface area contributed by atoms with Gasteiger partial charge in [-0.1, -0.05) is 0 Å². The van der Waals surface area contributed by atoms with Crippen molar-refractivity contribution in [1.29, 1.82) is 0 Å². The Bertz CT molecular complexity index is 774. The van der Waals surface area contributed by atoms with E-state index in [1.807, 2.05) is 11.4 Å². The van der Waals surface area contributed by atoms with Crippen molar-refractivity contribution in [3.63, 3.8) is 0 Å². The Morgan fingerprint density at radius 3 is 3.11 bits per heavy atom. The molecule has 0 aliphatic carbocycles. The lowest BCUT2D eigenvalue weighted by atomic mass is 10.4. The first kappa shape index (κ1) is 11.4. The van der Waals surface area contributed by atoms with Crippen molar-refractivity contribution in [3.05, 3.63) is 37.5 Å². The first-order valence-corrected chi connectivity index (χ1v) is 6.74. The second-order valence-electron chi connectivity index (χ2n) is 3.73. The van der Waals surface area contributed by atoms with E-state index in [1.54, 1.807) is 22.2 Å². The number of nitrogens with one attached hydrogen (secondary N) is 1. The maximum Gasteiger partial charge on any atom is 0.280 e. The molecule has 8 heteroatoms. The quantitative estimate of drug-likeness (QED) is 0.748. The number of thiophene rings is 1. The number of anilines is 1. The Morgan fingerprint density at radius 1 is 1.56 bits per heavy atom. The predicted molar refractivity (Wildman–Crippen MR) is 73.7 cm³/mol. The molecular weight excluding hydrogens is 318 g/mol. The van der Waals surface area contributed by atoms with Crippen molar-refractivity contribution in [1.82, 2.24) is 19.5 Å². The summed E-state index contributed by atoms with van der Waals surface area (Å²) in [6.45, 7) is 0.614. The van der Waals surface area contributed by atoms with E-state index < -0.39 is 0 Å². The smallest absolute Gasteiger partial charge is 0.280 e. The van der Waals surface area contributed by atoms with Gasteiger partial charge in [-0.05, 0) is 22.0 Å². The summed E-state index contributed by atoms with van der Waals surface area (Å²) in [4.78, 5) is 23.3. The molecule has 0 bridgehead atoms. The monoisotopic (exact) mass is 325 g/mol. The molecule has 3 aromatic rings. The van der Waals surface area contributed by atoms with Crippen LogP contribution in [0.5, 0.6) is 0 Å². The molecule has 0 fully saturated rings. The average Bonchev–Trinajstić information content (AvgIpc) is 2.87. The average molecular weight is 326 g/mol. The van der Waals surface area contributed by atoms with E-state index in [9.17, 15) is 4.79 Å². The SMILES string of the molecule is Nc1nc2c(ncn2Cc2cc(Br)cs2)c(=O)[nH]1. The van der Waals surface area contributed by atoms with Crippen LogP contribution in [-0.4, -0.2) is 19.5 Å². The Balaban J connectivity index is 2.10. The van der Waals surface area contributed by atoms with Crippen LogP contribution in [0.25, 0.3) is 11.2 Å². The largest absolute Gasteiger partial charge is 0.369 e. The van der Waals surface area contributed by atoms with Crippen LogP contribution >= 0.6 is 27.3 Å². The molecule has 0 spiro atoms. The number of halogens is 1. The molecule has 18 heavy (non-hydrogen) atoms. The number of hydrogen-bond donors (Lipinski definition) is 2. The maximum atomic E-state index is 11.6. The van der Waals surface area contributed by atoms with E-state index in [-0.39, 0.29) is 11.5 Å². The van der Waals surface area contributed by atoms with Gasteiger partial charge in [-0.15, -0.1) is 11.3 Å². The Kier molecular flexibility index (Phi) is 2.67. The molecule has 0 aliphatic heterocycles. The van der Waals surface area contributed by atoms with Crippen molar-refractivity contribution in [2.24, 2.45) is 0 Å². The Hall–Kier alpha value is -1.67. The number of hydrogen-bond acceptors (Lipinski definition) is 5. The number of aromatic amines is 1. The molecule has 0 saturated heterocycles. The van der Waals surface area contributed by atoms with E-state index in [0.717, 1.165) is 9.35 Å². The Morgan fingerprint density at radius 2 is 2.39 bits per heavy atom. The third kappa shape index (κ3) is 1.93. The number of aromatic nitrogens is 4.